The van der Waals surface area contributed by atoms with E-state index in [-0.39, 0.29) is 74.2 Å². The van der Waals surface area contributed by atoms with Crippen LogP contribution in [0.3, 0.4) is 0 Å². The number of piperidine rings is 2. The van der Waals surface area contributed by atoms with Crippen LogP contribution in [0.25, 0.3) is 0 Å². The normalized spacial score (nSPS) is 35.4. The van der Waals surface area contributed by atoms with Crippen molar-refractivity contribution < 1.29 is 39.6 Å². The summed E-state index contributed by atoms with van der Waals surface area (Å²) in [6.45, 7) is -0.859. The topological polar surface area (TPSA) is 162 Å². The third kappa shape index (κ3) is 6.29. The lowest BCUT2D eigenvalue weighted by Crippen LogP contribution is -2.60. The van der Waals surface area contributed by atoms with E-state index in [4.69, 9.17) is 0 Å². The summed E-state index contributed by atoms with van der Waals surface area (Å²) >= 11 is 0. The van der Waals surface area contributed by atoms with Crippen LogP contribution in [0.5, 0.6) is 0 Å². The van der Waals surface area contributed by atoms with Crippen molar-refractivity contribution in [2.45, 2.75) is 126 Å². The molecule has 4 N–H and O–H groups in total. The first-order chi connectivity index (χ1) is 19.1. The standard InChI is InChI=1S/C28H44N4O8/c33-21-9-17-5-6-18(10-21)31(17)25(35)13-29(15-27(37)38)23-3-1-2-4-24(23)30(16-28(39)40)14-26(36)32-19-7-8-20(32)12-22(34)11-19/h17-24,33-34H,1-16H2,(H,37,38)(H,39,40)/t17-,18+,19-,20?,21?,22?,23?,24?/m1/s1. The summed E-state index contributed by atoms with van der Waals surface area (Å²) in [6, 6.07) is -0.892. The fourth-order valence-corrected chi connectivity index (χ4v) is 8.49. The summed E-state index contributed by atoms with van der Waals surface area (Å²) in [5.74, 6) is -2.40. The first-order valence-corrected chi connectivity index (χ1v) is 15.0. The van der Waals surface area contributed by atoms with Gasteiger partial charge < -0.3 is 30.2 Å². The van der Waals surface area contributed by atoms with Crippen LogP contribution in [0.2, 0.25) is 0 Å². The number of carbonyl (C=O) groups is 4. The van der Waals surface area contributed by atoms with Gasteiger partial charge in [-0.15, -0.1) is 0 Å². The second-order valence-corrected chi connectivity index (χ2v) is 12.6. The maximum Gasteiger partial charge on any atom is 0.317 e. The molecule has 4 heterocycles. The van der Waals surface area contributed by atoms with Crippen LogP contribution in [0.1, 0.15) is 77.0 Å². The molecule has 0 spiro atoms. The van der Waals surface area contributed by atoms with Gasteiger partial charge >= 0.3 is 11.9 Å². The van der Waals surface area contributed by atoms with Gasteiger partial charge in [-0.1, -0.05) is 12.8 Å². The molecular weight excluding hydrogens is 520 g/mol. The number of amides is 2. The van der Waals surface area contributed by atoms with Crippen molar-refractivity contribution in [3.8, 4) is 0 Å². The largest absolute Gasteiger partial charge is 0.480 e. The zero-order valence-corrected chi connectivity index (χ0v) is 23.1. The number of aliphatic carboxylic acids is 2. The monoisotopic (exact) mass is 564 g/mol. The fraction of sp³-hybridized carbons (Fsp3) is 0.857. The Kier molecular flexibility index (Phi) is 8.98. The van der Waals surface area contributed by atoms with Crippen molar-refractivity contribution in [1.82, 2.24) is 19.6 Å². The van der Waals surface area contributed by atoms with Gasteiger partial charge in [-0.3, -0.25) is 29.0 Å². The summed E-state index contributed by atoms with van der Waals surface area (Å²) in [5, 5.41) is 39.9. The number of aliphatic hydroxyl groups excluding tert-OH is 2. The van der Waals surface area contributed by atoms with E-state index in [1.807, 2.05) is 9.80 Å². The predicted molar refractivity (Wildman–Crippen MR) is 142 cm³/mol. The molecule has 5 fully saturated rings. The Morgan fingerprint density at radius 3 is 1.18 bits per heavy atom. The second-order valence-electron chi connectivity index (χ2n) is 12.6. The van der Waals surface area contributed by atoms with Gasteiger partial charge in [0.2, 0.25) is 11.8 Å². The van der Waals surface area contributed by atoms with Crippen LogP contribution in [-0.2, 0) is 19.2 Å². The summed E-state index contributed by atoms with van der Waals surface area (Å²) in [6.07, 6.45) is 7.55. The molecule has 5 rings (SSSR count). The second kappa shape index (κ2) is 12.3. The number of fused-ring (bicyclic) bond motifs is 4. The van der Waals surface area contributed by atoms with E-state index in [1.54, 1.807) is 9.80 Å². The minimum Gasteiger partial charge on any atom is -0.480 e. The average molecular weight is 565 g/mol. The summed E-state index contributed by atoms with van der Waals surface area (Å²) < 4.78 is 0. The molecule has 8 atom stereocenters. The number of carboxylic acid groups (broad SMARTS) is 2. The predicted octanol–water partition coefficient (Wildman–Crippen LogP) is 0.0994. The Bertz CT molecular complexity index is 876. The molecule has 5 unspecified atom stereocenters. The highest BCUT2D eigenvalue weighted by atomic mass is 16.4. The lowest BCUT2D eigenvalue weighted by atomic mass is 9.87. The molecule has 12 nitrogen and oxygen atoms in total. The third-order valence-electron chi connectivity index (χ3n) is 9.98. The minimum absolute atomic E-state index is 0.0327. The molecule has 1 saturated carbocycles. The van der Waals surface area contributed by atoms with Crippen molar-refractivity contribution in [2.75, 3.05) is 26.2 Å². The highest BCUT2D eigenvalue weighted by Gasteiger charge is 2.46. The molecule has 40 heavy (non-hydrogen) atoms. The van der Waals surface area contributed by atoms with Crippen molar-refractivity contribution >= 4 is 23.8 Å². The minimum atomic E-state index is -1.06. The number of carboxylic acids is 2. The zero-order valence-electron chi connectivity index (χ0n) is 23.1. The van der Waals surface area contributed by atoms with E-state index >= 15 is 0 Å². The van der Waals surface area contributed by atoms with Gasteiger partial charge in [-0.2, -0.15) is 0 Å². The Morgan fingerprint density at radius 2 is 0.875 bits per heavy atom. The molecule has 0 aromatic carbocycles. The van der Waals surface area contributed by atoms with Gasteiger partial charge in [0.05, 0.1) is 38.4 Å². The molecule has 4 bridgehead atoms. The third-order valence-corrected chi connectivity index (χ3v) is 9.98. The summed E-state index contributed by atoms with van der Waals surface area (Å²) in [4.78, 5) is 58.1. The van der Waals surface area contributed by atoms with Gasteiger partial charge in [0, 0.05) is 36.3 Å². The number of carbonyl (C=O) groups excluding carboxylic acids is 2. The maximum atomic E-state index is 13.6. The molecule has 224 valence electrons. The Labute approximate surface area is 234 Å². The zero-order chi connectivity index (χ0) is 28.6. The van der Waals surface area contributed by atoms with Crippen molar-refractivity contribution in [1.29, 1.82) is 0 Å². The molecular formula is C28H44N4O8. The van der Waals surface area contributed by atoms with Crippen molar-refractivity contribution in [3.05, 3.63) is 0 Å². The first-order valence-electron chi connectivity index (χ1n) is 15.0. The summed E-state index contributed by atoms with van der Waals surface area (Å²) in [5.41, 5.74) is 0. The van der Waals surface area contributed by atoms with E-state index < -0.39 is 24.1 Å². The highest BCUT2D eigenvalue weighted by Crippen LogP contribution is 2.38. The van der Waals surface area contributed by atoms with Gasteiger partial charge in [0.25, 0.3) is 0 Å². The van der Waals surface area contributed by atoms with E-state index in [0.717, 1.165) is 38.5 Å². The molecule has 2 amide bonds. The molecule has 0 aromatic rings. The molecule has 4 aliphatic heterocycles. The van der Waals surface area contributed by atoms with E-state index in [9.17, 15) is 39.6 Å². The molecule has 1 aliphatic carbocycles. The fourth-order valence-electron chi connectivity index (χ4n) is 8.49. The van der Waals surface area contributed by atoms with E-state index in [1.165, 1.54) is 0 Å². The number of aliphatic hydroxyl groups is 2. The van der Waals surface area contributed by atoms with Crippen LogP contribution >= 0.6 is 0 Å². The highest BCUT2D eigenvalue weighted by molar-refractivity contribution is 5.81. The van der Waals surface area contributed by atoms with E-state index in [0.29, 0.717) is 38.5 Å². The number of hydrogen-bond acceptors (Lipinski definition) is 8. The molecule has 0 aromatic heterocycles. The van der Waals surface area contributed by atoms with Crippen LogP contribution in [-0.4, -0.2) is 138 Å². The van der Waals surface area contributed by atoms with Crippen molar-refractivity contribution in [2.24, 2.45) is 0 Å². The first kappa shape index (κ1) is 29.2. The quantitative estimate of drug-likeness (QED) is 0.286. The number of rotatable bonds is 10. The van der Waals surface area contributed by atoms with Crippen LogP contribution < -0.4 is 0 Å². The van der Waals surface area contributed by atoms with Crippen molar-refractivity contribution in [3.63, 3.8) is 0 Å². The molecule has 12 heteroatoms. The Hall–Kier alpha value is -2.28. The smallest absolute Gasteiger partial charge is 0.317 e. The molecule has 4 saturated heterocycles. The van der Waals surface area contributed by atoms with Crippen LogP contribution in [0.15, 0.2) is 0 Å². The van der Waals surface area contributed by atoms with E-state index in [2.05, 4.69) is 0 Å². The maximum absolute atomic E-state index is 13.6. The van der Waals surface area contributed by atoms with Crippen LogP contribution in [0.4, 0.5) is 0 Å². The molecule has 5 aliphatic rings. The van der Waals surface area contributed by atoms with Crippen LogP contribution in [0, 0.1) is 0 Å². The Balaban J connectivity index is 1.33. The lowest BCUT2D eigenvalue weighted by molar-refractivity contribution is -0.149. The summed E-state index contributed by atoms with van der Waals surface area (Å²) in [7, 11) is 0. The van der Waals surface area contributed by atoms with Gasteiger partial charge in [0.1, 0.15) is 0 Å². The number of nitrogens with zero attached hydrogens (tertiary/aromatic N) is 4. The Morgan fingerprint density at radius 1 is 0.550 bits per heavy atom. The molecule has 0 radical (unpaired) electrons. The van der Waals surface area contributed by atoms with Gasteiger partial charge in [-0.05, 0) is 64.2 Å². The van der Waals surface area contributed by atoms with Gasteiger partial charge in [-0.25, -0.2) is 0 Å². The lowest BCUT2D eigenvalue weighted by Gasteiger charge is -2.46. The SMILES string of the molecule is O=C(O)CN(CC(=O)N1C2CC[C@@H]1CC(O)C2)C1CCCCC1N(CC(=O)O)CC(=O)N1[C@@H]2CC[C@H]1CC(O)C2. The number of hydrogen-bond donors (Lipinski definition) is 4. The average Bonchev–Trinajstić information content (AvgIpc) is 3.32. The van der Waals surface area contributed by atoms with Gasteiger partial charge in [0.15, 0.2) is 0 Å².